The standard InChI is InChI=1S/C16H31N5.HI/c1-14(8-9-16(2,3)4)20-15(17-5)18-10-6-12-21-13-7-11-19-21;/h7,11,13-14H,6,8-10,12H2,1-5H3,(H2,17,18,20);1H. The fourth-order valence-corrected chi connectivity index (χ4v) is 2.03. The Kier molecular flexibility index (Phi) is 10.5. The SMILES string of the molecule is CN=C(NCCCn1cccn1)NC(C)CCC(C)(C)C.I. The van der Waals surface area contributed by atoms with Crippen LogP contribution in [0.4, 0.5) is 0 Å². The lowest BCUT2D eigenvalue weighted by atomic mass is 9.89. The van der Waals surface area contributed by atoms with Gasteiger partial charge < -0.3 is 10.6 Å². The summed E-state index contributed by atoms with van der Waals surface area (Å²) in [5.74, 6) is 0.886. The van der Waals surface area contributed by atoms with Crippen molar-refractivity contribution >= 4 is 29.9 Å². The van der Waals surface area contributed by atoms with Gasteiger partial charge in [-0.15, -0.1) is 24.0 Å². The highest BCUT2D eigenvalue weighted by Gasteiger charge is 2.13. The van der Waals surface area contributed by atoms with Crippen LogP contribution in [0, 0.1) is 5.41 Å². The molecule has 0 bridgehead atoms. The van der Waals surface area contributed by atoms with E-state index in [9.17, 15) is 0 Å². The quantitative estimate of drug-likeness (QED) is 0.308. The highest BCUT2D eigenvalue weighted by molar-refractivity contribution is 14.0. The van der Waals surface area contributed by atoms with Gasteiger partial charge in [-0.3, -0.25) is 9.67 Å². The van der Waals surface area contributed by atoms with Crippen LogP contribution in [0.1, 0.15) is 47.0 Å². The Labute approximate surface area is 152 Å². The zero-order chi connectivity index (χ0) is 15.7. The molecular formula is C16H32IN5. The summed E-state index contributed by atoms with van der Waals surface area (Å²) in [5, 5.41) is 11.0. The normalized spacial score (nSPS) is 13.4. The first kappa shape index (κ1) is 21.2. The molecule has 0 aromatic carbocycles. The number of guanidine groups is 1. The van der Waals surface area contributed by atoms with Crippen molar-refractivity contribution in [1.29, 1.82) is 0 Å². The summed E-state index contributed by atoms with van der Waals surface area (Å²) in [6.07, 6.45) is 7.18. The monoisotopic (exact) mass is 421 g/mol. The third-order valence-electron chi connectivity index (χ3n) is 3.35. The van der Waals surface area contributed by atoms with Crippen LogP contribution in [-0.4, -0.2) is 35.4 Å². The first-order chi connectivity index (χ1) is 9.90. The lowest BCUT2D eigenvalue weighted by Crippen LogP contribution is -2.42. The molecule has 0 aliphatic rings. The third-order valence-corrected chi connectivity index (χ3v) is 3.35. The number of aryl methyl sites for hydroxylation is 1. The van der Waals surface area contributed by atoms with E-state index in [1.165, 1.54) is 6.42 Å². The number of aliphatic imine (C=N–C) groups is 1. The van der Waals surface area contributed by atoms with Crippen LogP contribution in [0.5, 0.6) is 0 Å². The van der Waals surface area contributed by atoms with Gasteiger partial charge in [0, 0.05) is 38.6 Å². The molecule has 6 heteroatoms. The van der Waals surface area contributed by atoms with E-state index in [0.717, 1.165) is 31.9 Å². The molecule has 0 amide bonds. The van der Waals surface area contributed by atoms with E-state index in [1.54, 1.807) is 0 Å². The lowest BCUT2D eigenvalue weighted by Gasteiger charge is -2.23. The number of nitrogens with one attached hydrogen (secondary N) is 2. The van der Waals surface area contributed by atoms with Gasteiger partial charge in [0.15, 0.2) is 5.96 Å². The highest BCUT2D eigenvalue weighted by Crippen LogP contribution is 2.21. The molecule has 1 atom stereocenters. The van der Waals surface area contributed by atoms with E-state index in [1.807, 2.05) is 30.2 Å². The molecule has 0 fully saturated rings. The van der Waals surface area contributed by atoms with Crippen LogP contribution in [0.2, 0.25) is 0 Å². The van der Waals surface area contributed by atoms with Gasteiger partial charge >= 0.3 is 0 Å². The van der Waals surface area contributed by atoms with Gasteiger partial charge in [-0.05, 0) is 37.7 Å². The van der Waals surface area contributed by atoms with E-state index in [0.29, 0.717) is 11.5 Å². The molecule has 0 saturated carbocycles. The number of aromatic nitrogens is 2. The first-order valence-corrected chi connectivity index (χ1v) is 7.85. The van der Waals surface area contributed by atoms with Gasteiger partial charge in [-0.2, -0.15) is 5.10 Å². The summed E-state index contributed by atoms with van der Waals surface area (Å²) in [7, 11) is 1.82. The molecule has 1 rings (SSSR count). The minimum atomic E-state index is 0. The number of hydrogen-bond donors (Lipinski definition) is 2. The Morgan fingerprint density at radius 3 is 2.64 bits per heavy atom. The van der Waals surface area contributed by atoms with Crippen molar-refractivity contribution in [2.24, 2.45) is 10.4 Å². The summed E-state index contributed by atoms with van der Waals surface area (Å²) >= 11 is 0. The average molecular weight is 421 g/mol. The molecule has 0 aliphatic carbocycles. The van der Waals surface area contributed by atoms with E-state index < -0.39 is 0 Å². The summed E-state index contributed by atoms with van der Waals surface area (Å²) in [6.45, 7) is 10.9. The Balaban J connectivity index is 0.00000441. The second kappa shape index (κ2) is 10.9. The molecule has 2 N–H and O–H groups in total. The average Bonchev–Trinajstić information content (AvgIpc) is 2.92. The van der Waals surface area contributed by atoms with Crippen LogP contribution < -0.4 is 10.6 Å². The predicted octanol–water partition coefficient (Wildman–Crippen LogP) is 3.27. The summed E-state index contributed by atoms with van der Waals surface area (Å²) in [5.41, 5.74) is 0.386. The van der Waals surface area contributed by atoms with Gasteiger partial charge in [-0.25, -0.2) is 0 Å². The number of halogens is 1. The largest absolute Gasteiger partial charge is 0.356 e. The second-order valence-electron chi connectivity index (χ2n) is 6.77. The number of nitrogens with zero attached hydrogens (tertiary/aromatic N) is 3. The number of hydrogen-bond acceptors (Lipinski definition) is 2. The maximum Gasteiger partial charge on any atom is 0.191 e. The topological polar surface area (TPSA) is 54.2 Å². The minimum Gasteiger partial charge on any atom is -0.356 e. The molecule has 1 aromatic rings. The van der Waals surface area contributed by atoms with Crippen molar-refractivity contribution in [3.63, 3.8) is 0 Å². The van der Waals surface area contributed by atoms with Crippen molar-refractivity contribution in [1.82, 2.24) is 20.4 Å². The molecule has 5 nitrogen and oxygen atoms in total. The molecule has 1 aromatic heterocycles. The Morgan fingerprint density at radius 1 is 1.36 bits per heavy atom. The zero-order valence-electron chi connectivity index (χ0n) is 14.6. The zero-order valence-corrected chi connectivity index (χ0v) is 16.9. The summed E-state index contributed by atoms with van der Waals surface area (Å²) in [6, 6.07) is 2.38. The fraction of sp³-hybridized carbons (Fsp3) is 0.750. The maximum atomic E-state index is 4.28. The molecule has 0 saturated heterocycles. The molecular weight excluding hydrogens is 389 g/mol. The van der Waals surface area contributed by atoms with E-state index in [-0.39, 0.29) is 24.0 Å². The minimum absolute atomic E-state index is 0. The van der Waals surface area contributed by atoms with Gasteiger partial charge in [0.05, 0.1) is 0 Å². The van der Waals surface area contributed by atoms with Crippen molar-refractivity contribution < 1.29 is 0 Å². The summed E-state index contributed by atoms with van der Waals surface area (Å²) < 4.78 is 1.95. The second-order valence-corrected chi connectivity index (χ2v) is 6.77. The van der Waals surface area contributed by atoms with Crippen LogP contribution in [0.3, 0.4) is 0 Å². The molecule has 0 radical (unpaired) electrons. The molecule has 1 unspecified atom stereocenters. The van der Waals surface area contributed by atoms with Gasteiger partial charge in [0.2, 0.25) is 0 Å². The Bertz CT molecular complexity index is 409. The smallest absolute Gasteiger partial charge is 0.191 e. The van der Waals surface area contributed by atoms with E-state index in [2.05, 4.69) is 48.4 Å². The molecule has 0 aliphatic heterocycles. The van der Waals surface area contributed by atoms with E-state index in [4.69, 9.17) is 0 Å². The van der Waals surface area contributed by atoms with Crippen molar-refractivity contribution in [2.75, 3.05) is 13.6 Å². The van der Waals surface area contributed by atoms with Crippen molar-refractivity contribution in [2.45, 2.75) is 59.5 Å². The highest BCUT2D eigenvalue weighted by atomic mass is 127. The van der Waals surface area contributed by atoms with Gasteiger partial charge in [0.1, 0.15) is 0 Å². The van der Waals surface area contributed by atoms with Crippen molar-refractivity contribution in [3.8, 4) is 0 Å². The van der Waals surface area contributed by atoms with Crippen LogP contribution >= 0.6 is 24.0 Å². The van der Waals surface area contributed by atoms with Crippen molar-refractivity contribution in [3.05, 3.63) is 18.5 Å². The third kappa shape index (κ3) is 10.0. The first-order valence-electron chi connectivity index (χ1n) is 7.85. The molecule has 128 valence electrons. The van der Waals surface area contributed by atoms with E-state index >= 15 is 0 Å². The predicted molar refractivity (Wildman–Crippen MR) is 105 cm³/mol. The number of rotatable bonds is 7. The van der Waals surface area contributed by atoms with Gasteiger partial charge in [-0.1, -0.05) is 20.8 Å². The maximum absolute atomic E-state index is 4.28. The van der Waals surface area contributed by atoms with Crippen LogP contribution in [0.25, 0.3) is 0 Å². The van der Waals surface area contributed by atoms with Gasteiger partial charge in [0.25, 0.3) is 0 Å². The fourth-order valence-electron chi connectivity index (χ4n) is 2.03. The molecule has 0 spiro atoms. The Morgan fingerprint density at radius 2 is 2.09 bits per heavy atom. The molecule has 22 heavy (non-hydrogen) atoms. The Hall–Kier alpha value is -0.790. The van der Waals surface area contributed by atoms with Crippen LogP contribution in [0.15, 0.2) is 23.5 Å². The summed E-state index contributed by atoms with van der Waals surface area (Å²) in [4.78, 5) is 4.28. The van der Waals surface area contributed by atoms with Crippen LogP contribution in [-0.2, 0) is 6.54 Å². The lowest BCUT2D eigenvalue weighted by molar-refractivity contribution is 0.346. The molecule has 1 heterocycles.